The first-order valence-electron chi connectivity index (χ1n) is 7.72. The van der Waals surface area contributed by atoms with Gasteiger partial charge in [0, 0.05) is 22.5 Å². The van der Waals surface area contributed by atoms with Crippen LogP contribution in [0.5, 0.6) is 11.5 Å². The van der Waals surface area contributed by atoms with Crippen molar-refractivity contribution in [3.63, 3.8) is 0 Å². The topological polar surface area (TPSA) is 74.2 Å². The van der Waals surface area contributed by atoms with E-state index >= 15 is 0 Å². The van der Waals surface area contributed by atoms with Crippen LogP contribution in [-0.4, -0.2) is 24.9 Å². The van der Waals surface area contributed by atoms with Crippen molar-refractivity contribution < 1.29 is 23.8 Å². The van der Waals surface area contributed by atoms with Gasteiger partial charge in [-0.25, -0.2) is 9.79 Å². The molecule has 0 bridgehead atoms. The summed E-state index contributed by atoms with van der Waals surface area (Å²) < 4.78 is 16.9. The van der Waals surface area contributed by atoms with Crippen molar-refractivity contribution in [3.8, 4) is 11.5 Å². The van der Waals surface area contributed by atoms with E-state index in [-0.39, 0.29) is 11.6 Å². The molecule has 0 N–H and O–H groups in total. The molecule has 0 amide bonds. The molecule has 0 aromatic heterocycles. The van der Waals surface area contributed by atoms with Crippen molar-refractivity contribution in [1.29, 1.82) is 0 Å². The zero-order chi connectivity index (χ0) is 19.6. The van der Waals surface area contributed by atoms with E-state index in [0.29, 0.717) is 27.1 Å². The van der Waals surface area contributed by atoms with E-state index in [1.54, 1.807) is 43.5 Å². The SMILES string of the molecule is COc1ccc(C2=N/C(=C\c3cc(Br)cc(Br)c3OC(C)=O)C(=O)O2)cc1. The summed E-state index contributed by atoms with van der Waals surface area (Å²) >= 11 is 6.73. The first-order chi connectivity index (χ1) is 12.9. The minimum absolute atomic E-state index is 0.0965. The number of rotatable bonds is 4. The monoisotopic (exact) mass is 493 g/mol. The highest BCUT2D eigenvalue weighted by molar-refractivity contribution is 9.11. The highest BCUT2D eigenvalue weighted by Gasteiger charge is 2.25. The molecule has 0 saturated carbocycles. The fourth-order valence-electron chi connectivity index (χ4n) is 2.35. The Morgan fingerprint density at radius 2 is 1.89 bits per heavy atom. The van der Waals surface area contributed by atoms with Crippen molar-refractivity contribution in [2.45, 2.75) is 6.92 Å². The van der Waals surface area contributed by atoms with E-state index < -0.39 is 11.9 Å². The van der Waals surface area contributed by atoms with E-state index in [1.165, 1.54) is 13.0 Å². The van der Waals surface area contributed by atoms with Gasteiger partial charge in [-0.15, -0.1) is 0 Å². The molecular formula is C19H13Br2NO5. The molecule has 1 heterocycles. The van der Waals surface area contributed by atoms with Gasteiger partial charge < -0.3 is 14.2 Å². The van der Waals surface area contributed by atoms with Crippen LogP contribution in [0.25, 0.3) is 6.08 Å². The molecule has 8 heteroatoms. The summed E-state index contributed by atoms with van der Waals surface area (Å²) in [6.07, 6.45) is 1.51. The highest BCUT2D eigenvalue weighted by atomic mass is 79.9. The van der Waals surface area contributed by atoms with Crippen molar-refractivity contribution >= 4 is 55.8 Å². The number of methoxy groups -OCH3 is 1. The second-order valence-electron chi connectivity index (χ2n) is 5.46. The van der Waals surface area contributed by atoms with Crippen LogP contribution in [0.1, 0.15) is 18.1 Å². The summed E-state index contributed by atoms with van der Waals surface area (Å²) in [7, 11) is 1.57. The highest BCUT2D eigenvalue weighted by Crippen LogP contribution is 2.35. The molecule has 0 fully saturated rings. The van der Waals surface area contributed by atoms with Crippen LogP contribution >= 0.6 is 31.9 Å². The number of benzene rings is 2. The molecule has 27 heavy (non-hydrogen) atoms. The molecule has 0 spiro atoms. The Morgan fingerprint density at radius 3 is 2.52 bits per heavy atom. The van der Waals surface area contributed by atoms with Gasteiger partial charge in [0.15, 0.2) is 11.4 Å². The van der Waals surface area contributed by atoms with Crippen molar-refractivity contribution in [2.75, 3.05) is 7.11 Å². The predicted molar refractivity (Wildman–Crippen MR) is 107 cm³/mol. The van der Waals surface area contributed by atoms with Crippen LogP contribution in [0.4, 0.5) is 0 Å². The van der Waals surface area contributed by atoms with Gasteiger partial charge in [-0.2, -0.15) is 0 Å². The van der Waals surface area contributed by atoms with Gasteiger partial charge in [0.25, 0.3) is 0 Å². The maximum absolute atomic E-state index is 12.2. The number of cyclic esters (lactones) is 1. The lowest BCUT2D eigenvalue weighted by Gasteiger charge is -2.09. The first kappa shape index (κ1) is 19.3. The number of hydrogen-bond acceptors (Lipinski definition) is 6. The Kier molecular flexibility index (Phi) is 5.76. The smallest absolute Gasteiger partial charge is 0.363 e. The summed E-state index contributed by atoms with van der Waals surface area (Å²) in [4.78, 5) is 27.9. The van der Waals surface area contributed by atoms with Crippen molar-refractivity contribution in [3.05, 3.63) is 62.2 Å². The lowest BCUT2D eigenvalue weighted by Crippen LogP contribution is -2.06. The first-order valence-corrected chi connectivity index (χ1v) is 9.30. The second kappa shape index (κ2) is 8.06. The molecule has 1 aliphatic rings. The molecule has 138 valence electrons. The third-order valence-electron chi connectivity index (χ3n) is 3.53. The Hall–Kier alpha value is -2.45. The van der Waals surface area contributed by atoms with Crippen LogP contribution in [0.15, 0.2) is 56.0 Å². The summed E-state index contributed by atoms with van der Waals surface area (Å²) in [5.74, 6) is 0.0975. The Labute approximate surface area is 172 Å². The molecule has 0 unspecified atom stereocenters. The number of carbonyl (C=O) groups excluding carboxylic acids is 2. The summed E-state index contributed by atoms with van der Waals surface area (Å²) in [6, 6.07) is 10.4. The zero-order valence-corrected chi connectivity index (χ0v) is 17.5. The minimum Gasteiger partial charge on any atom is -0.497 e. The maximum atomic E-state index is 12.2. The maximum Gasteiger partial charge on any atom is 0.363 e. The fraction of sp³-hybridized carbons (Fsp3) is 0.105. The van der Waals surface area contributed by atoms with Gasteiger partial charge in [0.2, 0.25) is 5.90 Å². The predicted octanol–water partition coefficient (Wildman–Crippen LogP) is 4.49. The molecule has 6 nitrogen and oxygen atoms in total. The van der Waals surface area contributed by atoms with Gasteiger partial charge in [-0.1, -0.05) is 15.9 Å². The third-order valence-corrected chi connectivity index (χ3v) is 4.58. The number of esters is 2. The molecule has 2 aromatic carbocycles. The lowest BCUT2D eigenvalue weighted by atomic mass is 10.1. The molecule has 0 aliphatic carbocycles. The average molecular weight is 495 g/mol. The van der Waals surface area contributed by atoms with Crippen molar-refractivity contribution in [1.82, 2.24) is 0 Å². The summed E-state index contributed by atoms with van der Waals surface area (Å²) in [6.45, 7) is 1.30. The van der Waals surface area contributed by atoms with E-state index in [9.17, 15) is 9.59 Å². The van der Waals surface area contributed by atoms with E-state index in [1.807, 2.05) is 0 Å². The van der Waals surface area contributed by atoms with Gasteiger partial charge in [0.05, 0.1) is 11.6 Å². The third kappa shape index (κ3) is 4.45. The Balaban J connectivity index is 2.00. The quantitative estimate of drug-likeness (QED) is 0.355. The normalized spacial score (nSPS) is 14.7. The van der Waals surface area contributed by atoms with Crippen LogP contribution in [-0.2, 0) is 14.3 Å². The number of ether oxygens (including phenoxy) is 3. The largest absolute Gasteiger partial charge is 0.497 e. The summed E-state index contributed by atoms with van der Waals surface area (Å²) in [5.41, 5.74) is 1.24. The molecule has 2 aromatic rings. The number of aliphatic imine (C=N–C) groups is 1. The van der Waals surface area contributed by atoms with E-state index in [4.69, 9.17) is 14.2 Å². The molecule has 0 saturated heterocycles. The number of carbonyl (C=O) groups is 2. The fourth-order valence-corrected chi connectivity index (χ4v) is 3.69. The van der Waals surface area contributed by atoms with Gasteiger partial charge in [-0.3, -0.25) is 4.79 Å². The van der Waals surface area contributed by atoms with Crippen molar-refractivity contribution in [2.24, 2.45) is 4.99 Å². The minimum atomic E-state index is -0.592. The van der Waals surface area contributed by atoms with Gasteiger partial charge >= 0.3 is 11.9 Å². The van der Waals surface area contributed by atoms with Gasteiger partial charge in [0.1, 0.15) is 5.75 Å². The second-order valence-corrected chi connectivity index (χ2v) is 7.23. The lowest BCUT2D eigenvalue weighted by molar-refractivity contribution is -0.132. The number of hydrogen-bond donors (Lipinski definition) is 0. The van der Waals surface area contributed by atoms with E-state index in [0.717, 1.165) is 4.47 Å². The Bertz CT molecular complexity index is 980. The summed E-state index contributed by atoms with van der Waals surface area (Å²) in [5, 5.41) is 0. The van der Waals surface area contributed by atoms with Gasteiger partial charge in [-0.05, 0) is 58.4 Å². The molecule has 3 rings (SSSR count). The molecule has 0 radical (unpaired) electrons. The van der Waals surface area contributed by atoms with Crippen LogP contribution in [0.3, 0.4) is 0 Å². The van der Waals surface area contributed by atoms with Crippen LogP contribution < -0.4 is 9.47 Å². The van der Waals surface area contributed by atoms with E-state index in [2.05, 4.69) is 36.9 Å². The van der Waals surface area contributed by atoms with Crippen LogP contribution in [0, 0.1) is 0 Å². The standard InChI is InChI=1S/C19H13Br2NO5/c1-10(23)26-17-12(7-13(20)9-15(17)21)8-16-19(24)27-18(22-16)11-3-5-14(25-2)6-4-11/h3-9H,1-2H3/b16-8-. The molecular weight excluding hydrogens is 482 g/mol. The number of halogens is 2. The van der Waals surface area contributed by atoms with Crippen LogP contribution in [0.2, 0.25) is 0 Å². The number of nitrogens with zero attached hydrogens (tertiary/aromatic N) is 1. The average Bonchev–Trinajstić information content (AvgIpc) is 2.98. The molecule has 1 aliphatic heterocycles. The Morgan fingerprint density at radius 1 is 1.19 bits per heavy atom. The zero-order valence-electron chi connectivity index (χ0n) is 14.3. The molecule has 0 atom stereocenters.